The van der Waals surface area contributed by atoms with E-state index < -0.39 is 0 Å². The van der Waals surface area contributed by atoms with Crippen LogP contribution in [0.4, 0.5) is 0 Å². The summed E-state index contributed by atoms with van der Waals surface area (Å²) in [6.45, 7) is 5.02. The molecule has 0 aliphatic carbocycles. The van der Waals surface area contributed by atoms with Gasteiger partial charge in [0.2, 0.25) is 0 Å². The van der Waals surface area contributed by atoms with E-state index in [0.717, 1.165) is 37.1 Å². The number of hydrogen-bond donors (Lipinski definition) is 0. The van der Waals surface area contributed by atoms with Gasteiger partial charge in [-0.15, -0.1) is 0 Å². The zero-order valence-electron chi connectivity index (χ0n) is 16.3. The van der Waals surface area contributed by atoms with Crippen molar-refractivity contribution in [3.05, 3.63) is 47.3 Å². The smallest absolute Gasteiger partial charge is 0.274 e. The number of benzene rings is 1. The van der Waals surface area contributed by atoms with Crippen LogP contribution in [0.1, 0.15) is 34.6 Å². The summed E-state index contributed by atoms with van der Waals surface area (Å²) in [6.07, 6.45) is 3.27. The molecule has 1 saturated heterocycles. The second-order valence-electron chi connectivity index (χ2n) is 7.48. The number of amides is 2. The Labute approximate surface area is 164 Å². The van der Waals surface area contributed by atoms with Crippen molar-refractivity contribution in [1.29, 1.82) is 0 Å². The molecule has 0 spiro atoms. The normalized spacial score (nSPS) is 16.6. The Hall–Kier alpha value is -2.83. The Balaban J connectivity index is 1.27. The first-order valence-corrected chi connectivity index (χ1v) is 9.93. The molecule has 7 nitrogen and oxygen atoms in total. The average Bonchev–Trinajstić information content (AvgIpc) is 3.17. The van der Waals surface area contributed by atoms with Gasteiger partial charge in [-0.2, -0.15) is 5.10 Å². The molecule has 1 fully saturated rings. The van der Waals surface area contributed by atoms with Gasteiger partial charge in [0, 0.05) is 38.4 Å². The van der Waals surface area contributed by atoms with Crippen molar-refractivity contribution in [1.82, 2.24) is 19.6 Å². The Morgan fingerprint density at radius 2 is 1.71 bits per heavy atom. The lowest BCUT2D eigenvalue weighted by atomic mass is 10.1. The van der Waals surface area contributed by atoms with Crippen LogP contribution in [0.2, 0.25) is 0 Å². The molecule has 2 amide bonds. The first-order valence-electron chi connectivity index (χ1n) is 9.93. The third-order valence-corrected chi connectivity index (χ3v) is 5.44. The van der Waals surface area contributed by atoms with Gasteiger partial charge in [0.25, 0.3) is 11.8 Å². The summed E-state index contributed by atoms with van der Waals surface area (Å²) < 4.78 is 7.54. The van der Waals surface area contributed by atoms with Crippen LogP contribution in [0.15, 0.2) is 30.3 Å². The number of rotatable bonds is 4. The molecular formula is C21H26N4O3. The fourth-order valence-electron chi connectivity index (χ4n) is 3.71. The van der Waals surface area contributed by atoms with E-state index in [4.69, 9.17) is 4.74 Å². The minimum atomic E-state index is -0.0508. The van der Waals surface area contributed by atoms with Crippen LogP contribution in [0, 0.1) is 6.92 Å². The van der Waals surface area contributed by atoms with Gasteiger partial charge in [0.1, 0.15) is 5.75 Å². The molecule has 0 N–H and O–H groups in total. The molecular weight excluding hydrogens is 356 g/mol. The molecule has 2 aliphatic heterocycles. The van der Waals surface area contributed by atoms with Crippen LogP contribution in [0.3, 0.4) is 0 Å². The SMILES string of the molecule is Cc1ccc(OCC(=O)N2CCN(C(=O)c3cc4n(n3)CCCC4)CC2)cc1. The Bertz CT molecular complexity index is 828. The molecule has 0 unspecified atom stereocenters. The monoisotopic (exact) mass is 382 g/mol. The average molecular weight is 382 g/mol. The summed E-state index contributed by atoms with van der Waals surface area (Å²) in [4.78, 5) is 28.7. The summed E-state index contributed by atoms with van der Waals surface area (Å²) in [6, 6.07) is 9.57. The summed E-state index contributed by atoms with van der Waals surface area (Å²) >= 11 is 0. The maximum atomic E-state index is 12.8. The van der Waals surface area contributed by atoms with Crippen LogP contribution in [-0.4, -0.2) is 64.2 Å². The molecule has 1 aromatic carbocycles. The zero-order valence-corrected chi connectivity index (χ0v) is 16.3. The zero-order chi connectivity index (χ0) is 19.5. The predicted molar refractivity (Wildman–Crippen MR) is 104 cm³/mol. The van der Waals surface area contributed by atoms with Crippen LogP contribution in [0.25, 0.3) is 0 Å². The lowest BCUT2D eigenvalue weighted by Gasteiger charge is -2.34. The molecule has 2 aromatic rings. The van der Waals surface area contributed by atoms with Crippen LogP contribution < -0.4 is 4.74 Å². The summed E-state index contributed by atoms with van der Waals surface area (Å²) in [7, 11) is 0. The van der Waals surface area contributed by atoms with Gasteiger partial charge in [0.05, 0.1) is 0 Å². The van der Waals surface area contributed by atoms with E-state index >= 15 is 0 Å². The lowest BCUT2D eigenvalue weighted by Crippen LogP contribution is -2.51. The van der Waals surface area contributed by atoms with Gasteiger partial charge >= 0.3 is 0 Å². The maximum Gasteiger partial charge on any atom is 0.274 e. The number of carbonyl (C=O) groups excluding carboxylic acids is 2. The Morgan fingerprint density at radius 1 is 1.00 bits per heavy atom. The fraction of sp³-hybridized carbons (Fsp3) is 0.476. The topological polar surface area (TPSA) is 67.7 Å². The molecule has 0 radical (unpaired) electrons. The summed E-state index contributed by atoms with van der Waals surface area (Å²) in [5.74, 6) is 0.603. The van der Waals surface area contributed by atoms with Crippen LogP contribution in [0.5, 0.6) is 5.75 Å². The van der Waals surface area contributed by atoms with Crippen molar-refractivity contribution in [2.24, 2.45) is 0 Å². The highest BCUT2D eigenvalue weighted by Gasteiger charge is 2.27. The highest BCUT2D eigenvalue weighted by Crippen LogP contribution is 2.17. The van der Waals surface area contributed by atoms with Gasteiger partial charge in [0.15, 0.2) is 12.3 Å². The molecule has 0 bridgehead atoms. The lowest BCUT2D eigenvalue weighted by molar-refractivity contribution is -0.134. The van der Waals surface area contributed by atoms with Gasteiger partial charge in [-0.3, -0.25) is 14.3 Å². The summed E-state index contributed by atoms with van der Waals surface area (Å²) in [5.41, 5.74) is 2.83. The Morgan fingerprint density at radius 3 is 2.43 bits per heavy atom. The highest BCUT2D eigenvalue weighted by molar-refractivity contribution is 5.92. The van der Waals surface area contributed by atoms with Gasteiger partial charge in [-0.1, -0.05) is 17.7 Å². The first-order chi connectivity index (χ1) is 13.6. The minimum absolute atomic E-state index is 0.0186. The van der Waals surface area contributed by atoms with Gasteiger partial charge < -0.3 is 14.5 Å². The molecule has 3 heterocycles. The first kappa shape index (κ1) is 18.5. The molecule has 2 aliphatic rings. The van der Waals surface area contributed by atoms with Crippen molar-refractivity contribution in [2.45, 2.75) is 32.7 Å². The van der Waals surface area contributed by atoms with E-state index in [-0.39, 0.29) is 18.4 Å². The third kappa shape index (κ3) is 4.03. The van der Waals surface area contributed by atoms with E-state index in [1.54, 1.807) is 9.80 Å². The van der Waals surface area contributed by atoms with Crippen molar-refractivity contribution in [3.63, 3.8) is 0 Å². The molecule has 148 valence electrons. The highest BCUT2D eigenvalue weighted by atomic mass is 16.5. The van der Waals surface area contributed by atoms with E-state index in [0.29, 0.717) is 37.6 Å². The van der Waals surface area contributed by atoms with Crippen molar-refractivity contribution in [3.8, 4) is 5.75 Å². The third-order valence-electron chi connectivity index (χ3n) is 5.44. The standard InChI is InChI=1S/C21H26N4O3/c1-16-5-7-18(8-6-16)28-15-20(26)23-10-12-24(13-11-23)21(27)19-14-17-4-2-3-9-25(17)22-19/h5-8,14H,2-4,9-13,15H2,1H3. The van der Waals surface area contributed by atoms with E-state index in [1.165, 1.54) is 0 Å². The molecule has 4 rings (SSSR count). The number of hydrogen-bond acceptors (Lipinski definition) is 4. The number of ether oxygens (including phenoxy) is 1. The fourth-order valence-corrected chi connectivity index (χ4v) is 3.71. The quantitative estimate of drug-likeness (QED) is 0.810. The van der Waals surface area contributed by atoms with Crippen LogP contribution >= 0.6 is 0 Å². The predicted octanol–water partition coefficient (Wildman–Crippen LogP) is 1.89. The van der Waals surface area contributed by atoms with Gasteiger partial charge in [-0.05, 0) is 44.4 Å². The van der Waals surface area contributed by atoms with E-state index in [9.17, 15) is 9.59 Å². The van der Waals surface area contributed by atoms with Crippen LogP contribution in [-0.2, 0) is 17.8 Å². The minimum Gasteiger partial charge on any atom is -0.484 e. The second kappa shape index (κ2) is 8.04. The number of piperazine rings is 1. The molecule has 28 heavy (non-hydrogen) atoms. The number of nitrogens with zero attached hydrogens (tertiary/aromatic N) is 4. The molecule has 7 heteroatoms. The van der Waals surface area contributed by atoms with Crippen molar-refractivity contribution < 1.29 is 14.3 Å². The van der Waals surface area contributed by atoms with E-state index in [1.807, 2.05) is 41.9 Å². The van der Waals surface area contributed by atoms with Gasteiger partial charge in [-0.25, -0.2) is 0 Å². The molecule has 0 atom stereocenters. The largest absolute Gasteiger partial charge is 0.484 e. The number of fused-ring (bicyclic) bond motifs is 1. The Kier molecular flexibility index (Phi) is 5.32. The molecule has 1 aromatic heterocycles. The maximum absolute atomic E-state index is 12.8. The second-order valence-corrected chi connectivity index (χ2v) is 7.48. The number of aromatic nitrogens is 2. The molecule has 0 saturated carbocycles. The van der Waals surface area contributed by atoms with E-state index in [2.05, 4.69) is 5.10 Å². The number of carbonyl (C=O) groups is 2. The summed E-state index contributed by atoms with van der Waals surface area (Å²) in [5, 5.41) is 4.47. The van der Waals surface area contributed by atoms with Crippen molar-refractivity contribution >= 4 is 11.8 Å². The number of aryl methyl sites for hydroxylation is 3. The van der Waals surface area contributed by atoms with Crippen molar-refractivity contribution in [2.75, 3.05) is 32.8 Å².